The predicted octanol–water partition coefficient (Wildman–Crippen LogP) is 2.90. The van der Waals surface area contributed by atoms with Gasteiger partial charge in [0.2, 0.25) is 0 Å². The van der Waals surface area contributed by atoms with E-state index in [1.54, 1.807) is 16.8 Å². The number of ether oxygens (including phenoxy) is 2. The topological polar surface area (TPSA) is 157 Å². The minimum atomic E-state index is -4.30. The van der Waals surface area contributed by atoms with E-state index in [-0.39, 0.29) is 5.75 Å². The Hall–Kier alpha value is -2.77. The average molecular weight is 598 g/mol. The SMILES string of the molecule is COC(=O)C(C)(C)NP(=O)(OCC1OC(n2ccc3c(N(C)C)ncnc32)[C@](C)(O)[C@@H]1O)Oc1ccc(Cl)cc1. The van der Waals surface area contributed by atoms with Crippen molar-refractivity contribution >= 4 is 42.2 Å². The van der Waals surface area contributed by atoms with Crippen LogP contribution in [0, 0.1) is 0 Å². The van der Waals surface area contributed by atoms with E-state index < -0.39 is 49.9 Å². The first-order chi connectivity index (χ1) is 18.7. The number of carbonyl (C=O) groups is 1. The van der Waals surface area contributed by atoms with Crippen molar-refractivity contribution < 1.29 is 38.1 Å². The van der Waals surface area contributed by atoms with E-state index in [0.29, 0.717) is 16.5 Å². The Morgan fingerprint density at radius 1 is 1.27 bits per heavy atom. The molecule has 0 saturated carbocycles. The summed E-state index contributed by atoms with van der Waals surface area (Å²) in [6.45, 7) is 3.84. The van der Waals surface area contributed by atoms with Gasteiger partial charge in [0.15, 0.2) is 6.23 Å². The van der Waals surface area contributed by atoms with Crippen molar-refractivity contribution in [3.8, 4) is 5.75 Å². The van der Waals surface area contributed by atoms with Crippen LogP contribution in [0.4, 0.5) is 5.82 Å². The standard InChI is InChI=1S/C25H33ClN5O8P/c1-24(2,23(33)36-6)29-40(35,39-16-9-7-15(26)8-10-16)37-13-18-19(32)25(3,34)22(38-18)31-12-11-17-20(30(4)5)27-14-28-21(17)31/h7-12,14,18-19,22,32,34H,13H2,1-6H3,(H,29,35)/t18?,19-,22?,25-,40?/m1/s1. The molecule has 1 aromatic carbocycles. The lowest BCUT2D eigenvalue weighted by atomic mass is 9.96. The van der Waals surface area contributed by atoms with Crippen molar-refractivity contribution in [3.05, 3.63) is 47.9 Å². The van der Waals surface area contributed by atoms with Gasteiger partial charge in [-0.2, -0.15) is 5.09 Å². The fraction of sp³-hybridized carbons (Fsp3) is 0.480. The van der Waals surface area contributed by atoms with Gasteiger partial charge in [-0.25, -0.2) is 14.5 Å². The van der Waals surface area contributed by atoms with Crippen LogP contribution in [0.5, 0.6) is 5.75 Å². The predicted molar refractivity (Wildman–Crippen MR) is 147 cm³/mol. The number of hydrogen-bond acceptors (Lipinski definition) is 11. The minimum absolute atomic E-state index is 0.147. The molecule has 2 aromatic heterocycles. The number of benzene rings is 1. The maximum Gasteiger partial charge on any atom is 0.459 e. The molecule has 218 valence electrons. The number of esters is 1. The normalized spacial score (nSPS) is 24.6. The molecule has 1 aliphatic rings. The number of nitrogens with one attached hydrogen (secondary N) is 1. The molecule has 3 aromatic rings. The molecule has 0 radical (unpaired) electrons. The van der Waals surface area contributed by atoms with Gasteiger partial charge in [-0.15, -0.1) is 0 Å². The van der Waals surface area contributed by atoms with Crippen molar-refractivity contribution in [3.63, 3.8) is 0 Å². The molecule has 0 aliphatic carbocycles. The van der Waals surface area contributed by atoms with Gasteiger partial charge in [-0.3, -0.25) is 9.32 Å². The summed E-state index contributed by atoms with van der Waals surface area (Å²) in [6.07, 6.45) is -0.597. The van der Waals surface area contributed by atoms with Crippen molar-refractivity contribution in [2.75, 3.05) is 32.7 Å². The van der Waals surface area contributed by atoms with Crippen molar-refractivity contribution in [1.29, 1.82) is 0 Å². The molecule has 3 heterocycles. The Balaban J connectivity index is 1.59. The van der Waals surface area contributed by atoms with Gasteiger partial charge >= 0.3 is 13.7 Å². The second kappa shape index (κ2) is 11.2. The van der Waals surface area contributed by atoms with Gasteiger partial charge in [0.1, 0.15) is 46.9 Å². The maximum atomic E-state index is 13.9. The largest absolute Gasteiger partial charge is 0.468 e. The molecule has 3 unspecified atom stereocenters. The summed E-state index contributed by atoms with van der Waals surface area (Å²) < 4.78 is 37.7. The Labute approximate surface area is 236 Å². The molecule has 40 heavy (non-hydrogen) atoms. The lowest BCUT2D eigenvalue weighted by Gasteiger charge is -2.29. The number of rotatable bonds is 10. The van der Waals surface area contributed by atoms with Crippen LogP contribution in [-0.2, 0) is 23.4 Å². The number of carbonyl (C=O) groups excluding carboxylic acids is 1. The second-order valence-corrected chi connectivity index (χ2v) is 12.4. The van der Waals surface area contributed by atoms with E-state index in [1.807, 2.05) is 19.0 Å². The summed E-state index contributed by atoms with van der Waals surface area (Å²) in [5.41, 5.74) is -2.78. The lowest BCUT2D eigenvalue weighted by Crippen LogP contribution is -2.47. The number of aliphatic hydroxyl groups is 2. The first-order valence-corrected chi connectivity index (χ1v) is 14.2. The highest BCUT2D eigenvalue weighted by atomic mass is 35.5. The summed E-state index contributed by atoms with van der Waals surface area (Å²) in [7, 11) is 0.584. The van der Waals surface area contributed by atoms with Gasteiger partial charge in [-0.05, 0) is 51.1 Å². The van der Waals surface area contributed by atoms with Gasteiger partial charge in [-0.1, -0.05) is 11.6 Å². The number of fused-ring (bicyclic) bond motifs is 1. The van der Waals surface area contributed by atoms with Crippen LogP contribution in [0.25, 0.3) is 11.0 Å². The highest BCUT2D eigenvalue weighted by Crippen LogP contribution is 2.48. The van der Waals surface area contributed by atoms with Crippen LogP contribution in [-0.4, -0.2) is 81.9 Å². The minimum Gasteiger partial charge on any atom is -0.468 e. The molecule has 1 fully saturated rings. The van der Waals surface area contributed by atoms with Gasteiger partial charge < -0.3 is 33.7 Å². The highest BCUT2D eigenvalue weighted by Gasteiger charge is 2.54. The molecule has 1 aliphatic heterocycles. The zero-order valence-corrected chi connectivity index (χ0v) is 24.6. The van der Waals surface area contributed by atoms with E-state index >= 15 is 0 Å². The second-order valence-electron chi connectivity index (χ2n) is 10.3. The number of hydrogen-bond donors (Lipinski definition) is 3. The van der Waals surface area contributed by atoms with E-state index in [4.69, 9.17) is 30.1 Å². The molecule has 3 N–H and O–H groups in total. The van der Waals surface area contributed by atoms with E-state index in [9.17, 15) is 19.6 Å². The zero-order valence-electron chi connectivity index (χ0n) is 22.9. The number of aliphatic hydroxyl groups excluding tert-OH is 1. The zero-order chi connectivity index (χ0) is 29.5. The molecule has 0 bridgehead atoms. The Morgan fingerprint density at radius 3 is 2.58 bits per heavy atom. The third-order valence-corrected chi connectivity index (χ3v) is 8.50. The molecule has 15 heteroatoms. The Bertz CT molecular complexity index is 1410. The van der Waals surface area contributed by atoms with E-state index in [1.165, 1.54) is 58.5 Å². The molecule has 0 amide bonds. The number of aromatic nitrogens is 3. The summed E-state index contributed by atoms with van der Waals surface area (Å²) in [5, 5.41) is 26.1. The van der Waals surface area contributed by atoms with Crippen LogP contribution in [0.1, 0.15) is 27.0 Å². The van der Waals surface area contributed by atoms with Crippen LogP contribution in [0.3, 0.4) is 0 Å². The quantitative estimate of drug-likeness (QED) is 0.232. The monoisotopic (exact) mass is 597 g/mol. The third-order valence-electron chi connectivity index (χ3n) is 6.48. The lowest BCUT2D eigenvalue weighted by molar-refractivity contribution is -0.146. The molecule has 1 saturated heterocycles. The first kappa shape index (κ1) is 30.2. The number of halogens is 1. The summed E-state index contributed by atoms with van der Waals surface area (Å²) in [5.74, 6) is 0.102. The summed E-state index contributed by atoms with van der Waals surface area (Å²) in [6, 6.07) is 7.81. The van der Waals surface area contributed by atoms with Gasteiger partial charge in [0.05, 0.1) is 19.1 Å². The average Bonchev–Trinajstić information content (AvgIpc) is 3.41. The fourth-order valence-electron chi connectivity index (χ4n) is 4.41. The van der Waals surface area contributed by atoms with Crippen molar-refractivity contribution in [2.45, 2.75) is 50.3 Å². The highest BCUT2D eigenvalue weighted by molar-refractivity contribution is 7.52. The van der Waals surface area contributed by atoms with Crippen LogP contribution < -0.4 is 14.5 Å². The molecular formula is C25H33ClN5O8P. The molecular weight excluding hydrogens is 565 g/mol. The molecule has 13 nitrogen and oxygen atoms in total. The smallest absolute Gasteiger partial charge is 0.459 e. The molecule has 0 spiro atoms. The maximum absolute atomic E-state index is 13.9. The number of anilines is 1. The Morgan fingerprint density at radius 2 is 1.95 bits per heavy atom. The van der Waals surface area contributed by atoms with Crippen LogP contribution >= 0.6 is 19.3 Å². The Kier molecular flexibility index (Phi) is 8.49. The van der Waals surface area contributed by atoms with Gasteiger partial charge in [0.25, 0.3) is 0 Å². The first-order valence-electron chi connectivity index (χ1n) is 12.3. The van der Waals surface area contributed by atoms with Crippen LogP contribution in [0.15, 0.2) is 42.9 Å². The van der Waals surface area contributed by atoms with E-state index in [2.05, 4.69) is 15.1 Å². The molecule has 5 atom stereocenters. The van der Waals surface area contributed by atoms with Crippen LogP contribution in [0.2, 0.25) is 5.02 Å². The van der Waals surface area contributed by atoms with E-state index in [0.717, 1.165) is 5.39 Å². The summed E-state index contributed by atoms with van der Waals surface area (Å²) >= 11 is 5.94. The molecule has 4 rings (SSSR count). The van der Waals surface area contributed by atoms with Gasteiger partial charge in [0, 0.05) is 25.3 Å². The van der Waals surface area contributed by atoms with Crippen molar-refractivity contribution in [2.24, 2.45) is 0 Å². The number of methoxy groups -OCH3 is 1. The third kappa shape index (κ3) is 5.96. The number of nitrogens with zero attached hydrogens (tertiary/aromatic N) is 4. The summed E-state index contributed by atoms with van der Waals surface area (Å²) in [4.78, 5) is 22.8. The van der Waals surface area contributed by atoms with Crippen molar-refractivity contribution in [1.82, 2.24) is 19.6 Å². The fourth-order valence-corrected chi connectivity index (χ4v) is 6.22.